The highest BCUT2D eigenvalue weighted by atomic mass is 32.1. The van der Waals surface area contributed by atoms with Gasteiger partial charge in [-0.1, -0.05) is 11.6 Å². The number of hydrogen-bond donors (Lipinski definition) is 1. The molecule has 130 valence electrons. The van der Waals surface area contributed by atoms with Gasteiger partial charge in [-0.15, -0.1) is 11.3 Å². The van der Waals surface area contributed by atoms with Gasteiger partial charge in [0.05, 0.1) is 13.7 Å². The van der Waals surface area contributed by atoms with Gasteiger partial charge >= 0.3 is 5.97 Å². The van der Waals surface area contributed by atoms with Crippen molar-refractivity contribution in [1.82, 2.24) is 4.90 Å². The number of aryl methyl sites for hydroxylation is 1. The summed E-state index contributed by atoms with van der Waals surface area (Å²) in [6.45, 7) is 4.78. The van der Waals surface area contributed by atoms with Crippen LogP contribution in [0.2, 0.25) is 0 Å². The van der Waals surface area contributed by atoms with E-state index in [2.05, 4.69) is 0 Å². The Bertz CT molecular complexity index is 738. The number of hydrogen-bond acceptors (Lipinski definition) is 6. The average Bonchev–Trinajstić information content (AvgIpc) is 2.82. The lowest BCUT2D eigenvalue weighted by molar-refractivity contribution is 0.0529. The van der Waals surface area contributed by atoms with Crippen LogP contribution in [0.4, 0.5) is 5.00 Å². The van der Waals surface area contributed by atoms with Gasteiger partial charge in [-0.25, -0.2) is 4.79 Å². The molecular formula is C18H24N2O3S. The molecule has 0 spiro atoms. The summed E-state index contributed by atoms with van der Waals surface area (Å²) < 4.78 is 10.7. The van der Waals surface area contributed by atoms with E-state index in [1.165, 1.54) is 11.3 Å². The van der Waals surface area contributed by atoms with Crippen LogP contribution in [0.1, 0.15) is 27.7 Å². The van der Waals surface area contributed by atoms with Crippen LogP contribution in [-0.4, -0.2) is 38.7 Å². The van der Waals surface area contributed by atoms with Crippen molar-refractivity contribution in [3.8, 4) is 16.9 Å². The van der Waals surface area contributed by atoms with Gasteiger partial charge in [0.1, 0.15) is 16.3 Å². The molecule has 1 aromatic carbocycles. The van der Waals surface area contributed by atoms with Crippen LogP contribution in [0.15, 0.2) is 18.2 Å². The van der Waals surface area contributed by atoms with E-state index in [0.29, 0.717) is 29.5 Å². The highest BCUT2D eigenvalue weighted by Crippen LogP contribution is 2.43. The molecule has 0 radical (unpaired) electrons. The molecule has 0 aliphatic carbocycles. The van der Waals surface area contributed by atoms with E-state index in [-0.39, 0.29) is 0 Å². The fourth-order valence-electron chi connectivity index (χ4n) is 2.60. The number of carbonyl (C=O) groups excluding carboxylic acids is 1. The lowest BCUT2D eigenvalue weighted by Gasteiger charge is -2.15. The van der Waals surface area contributed by atoms with Crippen LogP contribution in [0.5, 0.6) is 5.75 Å². The zero-order valence-corrected chi connectivity index (χ0v) is 15.6. The Balaban J connectivity index is 2.73. The largest absolute Gasteiger partial charge is 0.496 e. The predicted octanol–water partition coefficient (Wildman–Crippen LogP) is 3.55. The van der Waals surface area contributed by atoms with Gasteiger partial charge in [0.2, 0.25) is 0 Å². The Morgan fingerprint density at radius 3 is 2.62 bits per heavy atom. The summed E-state index contributed by atoms with van der Waals surface area (Å²) in [6.07, 6.45) is 0. The molecule has 5 nitrogen and oxygen atoms in total. The minimum absolute atomic E-state index is 0.307. The zero-order chi connectivity index (χ0) is 17.9. The Hall–Kier alpha value is -2.05. The maximum absolute atomic E-state index is 12.5. The van der Waals surface area contributed by atoms with Crippen LogP contribution in [0, 0.1) is 6.92 Å². The third kappa shape index (κ3) is 3.71. The number of methoxy groups -OCH3 is 1. The van der Waals surface area contributed by atoms with Gasteiger partial charge < -0.3 is 20.1 Å². The lowest BCUT2D eigenvalue weighted by Crippen LogP contribution is -2.12. The van der Waals surface area contributed by atoms with Crippen LogP contribution in [-0.2, 0) is 11.3 Å². The summed E-state index contributed by atoms with van der Waals surface area (Å²) in [5.41, 5.74) is 9.37. The second-order valence-electron chi connectivity index (χ2n) is 5.80. The fraction of sp³-hybridized carbons (Fsp3) is 0.389. The summed E-state index contributed by atoms with van der Waals surface area (Å²) in [6, 6.07) is 5.91. The fourth-order valence-corrected chi connectivity index (χ4v) is 3.79. The van der Waals surface area contributed by atoms with Crippen molar-refractivity contribution in [2.75, 3.05) is 33.5 Å². The number of esters is 1. The van der Waals surface area contributed by atoms with Gasteiger partial charge in [0.25, 0.3) is 0 Å². The highest BCUT2D eigenvalue weighted by Gasteiger charge is 2.26. The van der Waals surface area contributed by atoms with Gasteiger partial charge in [-0.3, -0.25) is 0 Å². The molecule has 2 rings (SSSR count). The molecule has 24 heavy (non-hydrogen) atoms. The normalized spacial score (nSPS) is 10.9. The topological polar surface area (TPSA) is 64.8 Å². The number of thiophene rings is 1. The van der Waals surface area contributed by atoms with Gasteiger partial charge in [0.15, 0.2) is 0 Å². The first-order chi connectivity index (χ1) is 11.4. The Morgan fingerprint density at radius 2 is 2.04 bits per heavy atom. The molecule has 2 N–H and O–H groups in total. The molecule has 0 atom stereocenters. The SMILES string of the molecule is CCOC(=O)c1c(N)sc(CN(C)C)c1-c1cc(C)ccc1OC. The molecule has 0 amide bonds. The summed E-state index contributed by atoms with van der Waals surface area (Å²) >= 11 is 1.42. The van der Waals surface area contributed by atoms with E-state index in [0.717, 1.165) is 21.6 Å². The van der Waals surface area contributed by atoms with Gasteiger partial charge in [0, 0.05) is 22.5 Å². The smallest absolute Gasteiger partial charge is 0.341 e. The predicted molar refractivity (Wildman–Crippen MR) is 98.8 cm³/mol. The standard InChI is InChI=1S/C18H24N2O3S/c1-6-23-18(21)16-15(14(10-20(3)4)24-17(16)19)12-9-11(2)7-8-13(12)22-5/h7-9H,6,10,19H2,1-5H3. The van der Waals surface area contributed by atoms with Crippen molar-refractivity contribution < 1.29 is 14.3 Å². The molecule has 0 aliphatic rings. The first-order valence-electron chi connectivity index (χ1n) is 7.77. The van der Waals surface area contributed by atoms with E-state index in [1.807, 2.05) is 44.1 Å². The molecule has 2 aromatic rings. The summed E-state index contributed by atoms with van der Waals surface area (Å²) in [4.78, 5) is 15.6. The molecule has 0 fully saturated rings. The summed E-state index contributed by atoms with van der Waals surface area (Å²) in [5, 5.41) is 0.476. The number of ether oxygens (including phenoxy) is 2. The second kappa shape index (κ2) is 7.68. The number of anilines is 1. The third-order valence-electron chi connectivity index (χ3n) is 3.57. The minimum Gasteiger partial charge on any atom is -0.496 e. The molecule has 0 aliphatic heterocycles. The van der Waals surface area contributed by atoms with Crippen molar-refractivity contribution in [2.24, 2.45) is 0 Å². The Morgan fingerprint density at radius 1 is 1.33 bits per heavy atom. The molecule has 0 bridgehead atoms. The van der Waals surface area contributed by atoms with Gasteiger partial charge in [-0.2, -0.15) is 0 Å². The van der Waals surface area contributed by atoms with E-state index in [9.17, 15) is 4.79 Å². The molecule has 0 saturated heterocycles. The Kier molecular flexibility index (Phi) is 5.85. The van der Waals surface area contributed by atoms with E-state index in [4.69, 9.17) is 15.2 Å². The number of benzene rings is 1. The first-order valence-corrected chi connectivity index (χ1v) is 8.58. The molecule has 0 saturated carbocycles. The third-order valence-corrected chi connectivity index (χ3v) is 4.58. The summed E-state index contributed by atoms with van der Waals surface area (Å²) in [7, 11) is 5.59. The molecule has 1 aromatic heterocycles. The van der Waals surface area contributed by atoms with Crippen LogP contribution >= 0.6 is 11.3 Å². The number of carbonyl (C=O) groups is 1. The maximum Gasteiger partial charge on any atom is 0.341 e. The van der Waals surface area contributed by atoms with Crippen molar-refractivity contribution >= 4 is 22.3 Å². The van der Waals surface area contributed by atoms with Crippen molar-refractivity contribution in [1.29, 1.82) is 0 Å². The van der Waals surface area contributed by atoms with Crippen molar-refractivity contribution in [3.63, 3.8) is 0 Å². The molecular weight excluding hydrogens is 324 g/mol. The van der Waals surface area contributed by atoms with Crippen molar-refractivity contribution in [3.05, 3.63) is 34.2 Å². The van der Waals surface area contributed by atoms with Crippen molar-refractivity contribution in [2.45, 2.75) is 20.4 Å². The number of nitrogen functional groups attached to an aromatic ring is 1. The van der Waals surface area contributed by atoms with Crippen LogP contribution < -0.4 is 10.5 Å². The average molecular weight is 348 g/mol. The molecule has 1 heterocycles. The molecule has 0 unspecified atom stereocenters. The quantitative estimate of drug-likeness (QED) is 0.809. The summed E-state index contributed by atoms with van der Waals surface area (Å²) in [5.74, 6) is 0.318. The lowest BCUT2D eigenvalue weighted by atomic mass is 9.98. The number of nitrogens with zero attached hydrogens (tertiary/aromatic N) is 1. The highest BCUT2D eigenvalue weighted by molar-refractivity contribution is 7.17. The van der Waals surface area contributed by atoms with E-state index < -0.39 is 5.97 Å². The van der Waals surface area contributed by atoms with E-state index in [1.54, 1.807) is 14.0 Å². The molecule has 6 heteroatoms. The second-order valence-corrected chi connectivity index (χ2v) is 6.94. The zero-order valence-electron chi connectivity index (χ0n) is 14.8. The van der Waals surface area contributed by atoms with Gasteiger partial charge in [-0.05, 0) is 40.1 Å². The minimum atomic E-state index is -0.394. The monoisotopic (exact) mass is 348 g/mol. The number of rotatable bonds is 6. The maximum atomic E-state index is 12.5. The van der Waals surface area contributed by atoms with E-state index >= 15 is 0 Å². The Labute approximate surface area is 147 Å². The first kappa shape index (κ1) is 18.3. The number of nitrogens with two attached hydrogens (primary N) is 1. The van der Waals surface area contributed by atoms with Crippen LogP contribution in [0.3, 0.4) is 0 Å². The van der Waals surface area contributed by atoms with Crippen LogP contribution in [0.25, 0.3) is 11.1 Å².